The van der Waals surface area contributed by atoms with Crippen LogP contribution in [-0.4, -0.2) is 35.5 Å². The molecular formula is C13H21NO3. The maximum absolute atomic E-state index is 12.0. The van der Waals surface area contributed by atoms with Crippen LogP contribution in [-0.2, 0) is 9.53 Å². The first-order valence-electron chi connectivity index (χ1n) is 6.37. The van der Waals surface area contributed by atoms with Gasteiger partial charge in [0, 0.05) is 19.0 Å². The van der Waals surface area contributed by atoms with E-state index >= 15 is 0 Å². The van der Waals surface area contributed by atoms with Gasteiger partial charge in [-0.05, 0) is 45.4 Å². The van der Waals surface area contributed by atoms with Crippen molar-refractivity contribution >= 4 is 12.4 Å². The number of nitrogens with zero attached hydrogens (tertiary/aromatic N) is 1. The van der Waals surface area contributed by atoms with Gasteiger partial charge in [0.15, 0.2) is 0 Å². The number of hydrogen-bond acceptors (Lipinski definition) is 3. The number of ether oxygens (including phenoxy) is 1. The summed E-state index contributed by atoms with van der Waals surface area (Å²) in [6.45, 7) is 6.40. The lowest BCUT2D eigenvalue weighted by molar-refractivity contribution is -0.108. The second-order valence-electron chi connectivity index (χ2n) is 6.04. The first kappa shape index (κ1) is 12.4. The predicted molar refractivity (Wildman–Crippen MR) is 63.6 cm³/mol. The van der Waals surface area contributed by atoms with Crippen molar-refractivity contribution in [3.8, 4) is 0 Å². The summed E-state index contributed by atoms with van der Waals surface area (Å²) in [6.07, 6.45) is 3.49. The molecule has 1 aliphatic carbocycles. The van der Waals surface area contributed by atoms with E-state index in [0.29, 0.717) is 18.3 Å². The molecule has 96 valence electrons. The van der Waals surface area contributed by atoms with Gasteiger partial charge in [-0.3, -0.25) is 0 Å². The minimum absolute atomic E-state index is 0.222. The Morgan fingerprint density at radius 1 is 1.47 bits per heavy atom. The Hall–Kier alpha value is -1.06. The molecule has 0 radical (unpaired) electrons. The maximum atomic E-state index is 12.0. The fourth-order valence-electron chi connectivity index (χ4n) is 2.88. The second kappa shape index (κ2) is 4.31. The van der Waals surface area contributed by atoms with Gasteiger partial charge in [0.05, 0.1) is 0 Å². The fraction of sp³-hybridized carbons (Fsp3) is 0.846. The summed E-state index contributed by atoms with van der Waals surface area (Å²) in [5.74, 6) is 0.906. The predicted octanol–water partition coefficient (Wildman–Crippen LogP) is 2.22. The number of hydrogen-bond donors (Lipinski definition) is 0. The number of piperidine rings is 1. The Balaban J connectivity index is 1.97. The van der Waals surface area contributed by atoms with Crippen molar-refractivity contribution < 1.29 is 14.3 Å². The van der Waals surface area contributed by atoms with Crippen molar-refractivity contribution in [3.05, 3.63) is 0 Å². The van der Waals surface area contributed by atoms with Crippen molar-refractivity contribution in [3.63, 3.8) is 0 Å². The summed E-state index contributed by atoms with van der Waals surface area (Å²) in [5, 5.41) is 0. The van der Waals surface area contributed by atoms with Crippen molar-refractivity contribution in [2.75, 3.05) is 6.54 Å². The highest BCUT2D eigenvalue weighted by atomic mass is 16.6. The largest absolute Gasteiger partial charge is 0.444 e. The van der Waals surface area contributed by atoms with E-state index in [0.717, 1.165) is 25.7 Å². The number of carbonyl (C=O) groups excluding carboxylic acids is 2. The van der Waals surface area contributed by atoms with Crippen LogP contribution in [0.3, 0.4) is 0 Å². The van der Waals surface area contributed by atoms with Crippen molar-refractivity contribution in [1.82, 2.24) is 4.90 Å². The Labute approximate surface area is 102 Å². The molecule has 0 aromatic heterocycles. The van der Waals surface area contributed by atoms with Crippen LogP contribution in [0.4, 0.5) is 4.79 Å². The lowest BCUT2D eigenvalue weighted by Gasteiger charge is -2.30. The molecule has 0 bridgehead atoms. The van der Waals surface area contributed by atoms with Gasteiger partial charge in [-0.25, -0.2) is 4.79 Å². The summed E-state index contributed by atoms with van der Waals surface area (Å²) in [4.78, 5) is 24.4. The molecule has 4 nitrogen and oxygen atoms in total. The highest BCUT2D eigenvalue weighted by Crippen LogP contribution is 2.51. The molecule has 1 saturated carbocycles. The molecule has 1 unspecified atom stereocenters. The van der Waals surface area contributed by atoms with Crippen LogP contribution >= 0.6 is 0 Å². The van der Waals surface area contributed by atoms with Gasteiger partial charge in [0.2, 0.25) is 0 Å². The molecule has 0 N–H and O–H groups in total. The van der Waals surface area contributed by atoms with Crippen LogP contribution in [0.1, 0.15) is 40.0 Å². The van der Waals surface area contributed by atoms with E-state index in [2.05, 4.69) is 0 Å². The monoisotopic (exact) mass is 239 g/mol. The van der Waals surface area contributed by atoms with E-state index in [9.17, 15) is 9.59 Å². The zero-order valence-corrected chi connectivity index (χ0v) is 10.8. The van der Waals surface area contributed by atoms with E-state index in [-0.39, 0.29) is 12.1 Å². The lowest BCUT2D eigenvalue weighted by atomic mass is 10.1. The topological polar surface area (TPSA) is 46.6 Å². The smallest absolute Gasteiger partial charge is 0.410 e. The van der Waals surface area contributed by atoms with Gasteiger partial charge < -0.3 is 14.4 Å². The summed E-state index contributed by atoms with van der Waals surface area (Å²) in [5.41, 5.74) is -0.445. The number of rotatable bonds is 2. The Bertz CT molecular complexity index is 321. The third-order valence-corrected chi connectivity index (χ3v) is 3.58. The zero-order valence-electron chi connectivity index (χ0n) is 10.8. The summed E-state index contributed by atoms with van der Waals surface area (Å²) >= 11 is 0. The third-order valence-electron chi connectivity index (χ3n) is 3.58. The van der Waals surface area contributed by atoms with Crippen molar-refractivity contribution in [2.24, 2.45) is 11.8 Å². The molecule has 0 aromatic rings. The molecule has 1 saturated heterocycles. The molecule has 17 heavy (non-hydrogen) atoms. The molecule has 2 fully saturated rings. The van der Waals surface area contributed by atoms with Crippen LogP contribution in [0, 0.1) is 11.8 Å². The minimum Gasteiger partial charge on any atom is -0.444 e. The van der Waals surface area contributed by atoms with Crippen molar-refractivity contribution in [1.29, 1.82) is 0 Å². The van der Waals surface area contributed by atoms with E-state index < -0.39 is 5.60 Å². The van der Waals surface area contributed by atoms with Gasteiger partial charge in [0.1, 0.15) is 11.9 Å². The van der Waals surface area contributed by atoms with Gasteiger partial charge >= 0.3 is 6.09 Å². The molecule has 0 spiro atoms. The van der Waals surface area contributed by atoms with Crippen LogP contribution in [0.15, 0.2) is 0 Å². The molecule has 1 amide bonds. The molecule has 3 atom stereocenters. The first-order valence-corrected chi connectivity index (χ1v) is 6.37. The summed E-state index contributed by atoms with van der Waals surface area (Å²) < 4.78 is 5.40. The van der Waals surface area contributed by atoms with Gasteiger partial charge in [0.25, 0.3) is 0 Å². The van der Waals surface area contributed by atoms with E-state index in [4.69, 9.17) is 4.74 Å². The molecule has 1 aliphatic heterocycles. The lowest BCUT2D eigenvalue weighted by Crippen LogP contribution is -2.41. The number of carbonyl (C=O) groups is 2. The van der Waals surface area contributed by atoms with Gasteiger partial charge in [-0.2, -0.15) is 0 Å². The Morgan fingerprint density at radius 2 is 2.18 bits per heavy atom. The summed E-state index contributed by atoms with van der Waals surface area (Å²) in [7, 11) is 0. The quantitative estimate of drug-likeness (QED) is 0.694. The molecule has 1 heterocycles. The number of aldehydes is 1. The molecular weight excluding hydrogens is 218 g/mol. The normalized spacial score (nSPS) is 31.7. The van der Waals surface area contributed by atoms with E-state index in [1.165, 1.54) is 0 Å². The standard InChI is InChI=1S/C13H21NO3/c1-13(2,3)17-12(16)14-7-4-5-9-10(6-8-15)11(9)14/h8-11H,4-7H2,1-3H3/t9-,10?,11-/m1/s1. The molecule has 2 rings (SSSR count). The van der Waals surface area contributed by atoms with Crippen LogP contribution in [0.2, 0.25) is 0 Å². The summed E-state index contributed by atoms with van der Waals surface area (Å²) in [6, 6.07) is 0.254. The van der Waals surface area contributed by atoms with Crippen molar-refractivity contribution in [2.45, 2.75) is 51.7 Å². The van der Waals surface area contributed by atoms with Crippen LogP contribution in [0.25, 0.3) is 0 Å². The van der Waals surface area contributed by atoms with Crippen LogP contribution < -0.4 is 0 Å². The highest BCUT2D eigenvalue weighted by Gasteiger charge is 2.56. The number of likely N-dealkylation sites (tertiary alicyclic amines) is 1. The number of fused-ring (bicyclic) bond motifs is 1. The Kier molecular flexibility index (Phi) is 3.15. The molecule has 4 heteroatoms. The minimum atomic E-state index is -0.445. The van der Waals surface area contributed by atoms with E-state index in [1.807, 2.05) is 25.7 Å². The first-order chi connectivity index (χ1) is 7.94. The van der Waals surface area contributed by atoms with E-state index in [1.54, 1.807) is 0 Å². The average Bonchev–Trinajstić information content (AvgIpc) is 2.90. The molecule has 0 aromatic carbocycles. The highest BCUT2D eigenvalue weighted by molar-refractivity contribution is 5.69. The fourth-order valence-corrected chi connectivity index (χ4v) is 2.88. The van der Waals surface area contributed by atoms with Gasteiger partial charge in [-0.1, -0.05) is 0 Å². The SMILES string of the molecule is CC(C)(C)OC(=O)N1CCC[C@@H]2C(CC=O)[C@@H]21. The van der Waals surface area contributed by atoms with Gasteiger partial charge in [-0.15, -0.1) is 0 Å². The third kappa shape index (κ3) is 2.61. The maximum Gasteiger partial charge on any atom is 0.410 e. The van der Waals surface area contributed by atoms with Crippen LogP contribution in [0.5, 0.6) is 0 Å². The number of amides is 1. The second-order valence-corrected chi connectivity index (χ2v) is 6.04. The Morgan fingerprint density at radius 3 is 2.76 bits per heavy atom. The molecule has 2 aliphatic rings. The zero-order chi connectivity index (χ0) is 12.6. The average molecular weight is 239 g/mol.